The molecule has 0 atom stereocenters. The van der Waals surface area contributed by atoms with Gasteiger partial charge in [0.2, 0.25) is 5.91 Å². The summed E-state index contributed by atoms with van der Waals surface area (Å²) >= 11 is 0. The quantitative estimate of drug-likeness (QED) is 0.729. The van der Waals surface area contributed by atoms with Crippen LogP contribution in [0.5, 0.6) is 0 Å². The van der Waals surface area contributed by atoms with Crippen molar-refractivity contribution in [3.63, 3.8) is 0 Å². The molecule has 0 radical (unpaired) electrons. The predicted molar refractivity (Wildman–Crippen MR) is 56.2 cm³/mol. The van der Waals surface area contributed by atoms with E-state index in [9.17, 15) is 9.59 Å². The average molecular weight is 205 g/mol. The molecular formula is C11H11NO3. The Bertz CT molecular complexity index is 435. The van der Waals surface area contributed by atoms with Gasteiger partial charge in [-0.2, -0.15) is 0 Å². The fourth-order valence-electron chi connectivity index (χ4n) is 1.12. The van der Waals surface area contributed by atoms with Gasteiger partial charge in [-0.05, 0) is 24.6 Å². The van der Waals surface area contributed by atoms with E-state index in [0.717, 1.165) is 0 Å². The van der Waals surface area contributed by atoms with Gasteiger partial charge < -0.3 is 10.8 Å². The Kier molecular flexibility index (Phi) is 3.23. The average Bonchev–Trinajstić information content (AvgIpc) is 2.18. The number of aromatic carboxylic acids is 1. The molecule has 0 aromatic heterocycles. The molecule has 0 aliphatic heterocycles. The molecule has 0 saturated carbocycles. The molecule has 0 aliphatic rings. The molecule has 0 aliphatic carbocycles. The topological polar surface area (TPSA) is 80.4 Å². The molecule has 1 amide bonds. The summed E-state index contributed by atoms with van der Waals surface area (Å²) in [6.07, 6.45) is 1.46. The first-order chi connectivity index (χ1) is 7.02. The standard InChI is InChI=1S/C11H11NO3/c1-7(10(12)13)6-8-4-2-3-5-9(8)11(14)15/h2-6H,1H3,(H2,12,13)(H,14,15)/b7-6+. The van der Waals surface area contributed by atoms with E-state index in [1.807, 2.05) is 0 Å². The van der Waals surface area contributed by atoms with Crippen molar-refractivity contribution in [3.8, 4) is 0 Å². The number of carboxylic acids is 1. The zero-order valence-electron chi connectivity index (χ0n) is 8.23. The molecular weight excluding hydrogens is 194 g/mol. The molecule has 0 unspecified atom stereocenters. The molecule has 0 saturated heterocycles. The Morgan fingerprint density at radius 1 is 1.33 bits per heavy atom. The normalized spacial score (nSPS) is 11.1. The highest BCUT2D eigenvalue weighted by atomic mass is 16.4. The molecule has 3 N–H and O–H groups in total. The molecule has 0 heterocycles. The second kappa shape index (κ2) is 4.41. The van der Waals surface area contributed by atoms with Crippen molar-refractivity contribution in [2.75, 3.05) is 0 Å². The predicted octanol–water partition coefficient (Wildman–Crippen LogP) is 1.27. The van der Waals surface area contributed by atoms with Gasteiger partial charge in [0, 0.05) is 5.57 Å². The lowest BCUT2D eigenvalue weighted by atomic mass is 10.1. The van der Waals surface area contributed by atoms with Crippen LogP contribution < -0.4 is 5.73 Å². The van der Waals surface area contributed by atoms with Gasteiger partial charge in [0.05, 0.1) is 5.56 Å². The Hall–Kier alpha value is -2.10. The minimum absolute atomic E-state index is 0.151. The van der Waals surface area contributed by atoms with Gasteiger partial charge in [-0.15, -0.1) is 0 Å². The number of rotatable bonds is 3. The number of primary amides is 1. The van der Waals surface area contributed by atoms with Crippen molar-refractivity contribution < 1.29 is 14.7 Å². The Balaban J connectivity index is 3.20. The Labute approximate surface area is 87.0 Å². The van der Waals surface area contributed by atoms with Crippen LogP contribution in [-0.2, 0) is 4.79 Å². The largest absolute Gasteiger partial charge is 0.478 e. The minimum atomic E-state index is -1.03. The van der Waals surface area contributed by atoms with Crippen LogP contribution in [0.25, 0.3) is 6.08 Å². The van der Waals surface area contributed by atoms with Crippen molar-refractivity contribution in [1.82, 2.24) is 0 Å². The van der Waals surface area contributed by atoms with E-state index in [0.29, 0.717) is 11.1 Å². The summed E-state index contributed by atoms with van der Waals surface area (Å²) < 4.78 is 0. The third-order valence-corrected chi connectivity index (χ3v) is 1.95. The van der Waals surface area contributed by atoms with Crippen LogP contribution >= 0.6 is 0 Å². The van der Waals surface area contributed by atoms with E-state index < -0.39 is 11.9 Å². The molecule has 4 heteroatoms. The van der Waals surface area contributed by atoms with Crippen LogP contribution in [0.2, 0.25) is 0 Å². The highest BCUT2D eigenvalue weighted by molar-refractivity contribution is 5.99. The number of carbonyl (C=O) groups excluding carboxylic acids is 1. The molecule has 0 fully saturated rings. The van der Waals surface area contributed by atoms with E-state index in [-0.39, 0.29) is 5.56 Å². The third kappa shape index (κ3) is 2.67. The second-order valence-corrected chi connectivity index (χ2v) is 3.08. The van der Waals surface area contributed by atoms with Crippen LogP contribution in [0.1, 0.15) is 22.8 Å². The summed E-state index contributed by atoms with van der Waals surface area (Å²) in [4.78, 5) is 21.6. The number of benzene rings is 1. The second-order valence-electron chi connectivity index (χ2n) is 3.08. The number of hydrogen-bond donors (Lipinski definition) is 2. The molecule has 0 bridgehead atoms. The smallest absolute Gasteiger partial charge is 0.336 e. The van der Waals surface area contributed by atoms with Gasteiger partial charge in [-0.3, -0.25) is 4.79 Å². The zero-order valence-corrected chi connectivity index (χ0v) is 8.23. The minimum Gasteiger partial charge on any atom is -0.478 e. The Morgan fingerprint density at radius 2 is 1.93 bits per heavy atom. The molecule has 15 heavy (non-hydrogen) atoms. The van der Waals surface area contributed by atoms with Gasteiger partial charge in [0.1, 0.15) is 0 Å². The van der Waals surface area contributed by atoms with Crippen LogP contribution in [0.3, 0.4) is 0 Å². The van der Waals surface area contributed by atoms with Crippen molar-refractivity contribution in [3.05, 3.63) is 41.0 Å². The summed E-state index contributed by atoms with van der Waals surface area (Å²) in [5.74, 6) is -1.59. The van der Waals surface area contributed by atoms with E-state index in [4.69, 9.17) is 10.8 Å². The number of carbonyl (C=O) groups is 2. The van der Waals surface area contributed by atoms with Crippen molar-refractivity contribution in [2.45, 2.75) is 6.92 Å². The molecule has 1 aromatic rings. The van der Waals surface area contributed by atoms with Crippen molar-refractivity contribution >= 4 is 18.0 Å². The van der Waals surface area contributed by atoms with E-state index >= 15 is 0 Å². The highest BCUT2D eigenvalue weighted by Gasteiger charge is 2.07. The van der Waals surface area contributed by atoms with Gasteiger partial charge in [-0.25, -0.2) is 4.79 Å². The fraction of sp³-hybridized carbons (Fsp3) is 0.0909. The monoisotopic (exact) mass is 205 g/mol. The summed E-state index contributed by atoms with van der Waals surface area (Å²) in [5.41, 5.74) is 6.00. The first kappa shape index (κ1) is 11.0. The summed E-state index contributed by atoms with van der Waals surface area (Å²) in [5, 5.41) is 8.87. The molecule has 0 spiro atoms. The van der Waals surface area contributed by atoms with Crippen LogP contribution in [0, 0.1) is 0 Å². The molecule has 78 valence electrons. The van der Waals surface area contributed by atoms with Gasteiger partial charge in [0.15, 0.2) is 0 Å². The number of nitrogens with two attached hydrogens (primary N) is 1. The SMILES string of the molecule is C/C(=C\c1ccccc1C(=O)O)C(N)=O. The van der Waals surface area contributed by atoms with E-state index in [2.05, 4.69) is 0 Å². The fourth-order valence-corrected chi connectivity index (χ4v) is 1.12. The maximum absolute atomic E-state index is 10.8. The first-order valence-corrected chi connectivity index (χ1v) is 4.33. The zero-order chi connectivity index (χ0) is 11.4. The summed E-state index contributed by atoms with van der Waals surface area (Å²) in [7, 11) is 0. The van der Waals surface area contributed by atoms with Crippen LogP contribution in [-0.4, -0.2) is 17.0 Å². The lowest BCUT2D eigenvalue weighted by Crippen LogP contribution is -2.11. The van der Waals surface area contributed by atoms with Crippen LogP contribution in [0.15, 0.2) is 29.8 Å². The van der Waals surface area contributed by atoms with Gasteiger partial charge in [0.25, 0.3) is 0 Å². The maximum Gasteiger partial charge on any atom is 0.336 e. The van der Waals surface area contributed by atoms with Crippen LogP contribution in [0.4, 0.5) is 0 Å². The lowest BCUT2D eigenvalue weighted by molar-refractivity contribution is -0.114. The lowest BCUT2D eigenvalue weighted by Gasteiger charge is -2.01. The van der Waals surface area contributed by atoms with Crippen molar-refractivity contribution in [2.24, 2.45) is 5.73 Å². The van der Waals surface area contributed by atoms with E-state index in [1.54, 1.807) is 25.1 Å². The van der Waals surface area contributed by atoms with E-state index in [1.165, 1.54) is 12.1 Å². The van der Waals surface area contributed by atoms with Gasteiger partial charge in [-0.1, -0.05) is 18.2 Å². The third-order valence-electron chi connectivity index (χ3n) is 1.95. The highest BCUT2D eigenvalue weighted by Crippen LogP contribution is 2.12. The molecule has 1 aromatic carbocycles. The summed E-state index contributed by atoms with van der Waals surface area (Å²) in [6.45, 7) is 1.54. The molecule has 1 rings (SSSR count). The first-order valence-electron chi connectivity index (χ1n) is 4.33. The van der Waals surface area contributed by atoms with Crippen molar-refractivity contribution in [1.29, 1.82) is 0 Å². The molecule has 4 nitrogen and oxygen atoms in total. The number of carboxylic acid groups (broad SMARTS) is 1. The summed E-state index contributed by atoms with van der Waals surface area (Å²) in [6, 6.07) is 6.42. The number of hydrogen-bond acceptors (Lipinski definition) is 2. The maximum atomic E-state index is 10.8. The van der Waals surface area contributed by atoms with Gasteiger partial charge >= 0.3 is 5.97 Å². The Morgan fingerprint density at radius 3 is 2.47 bits per heavy atom. The number of amides is 1.